The van der Waals surface area contributed by atoms with Crippen LogP contribution >= 0.6 is 0 Å². The summed E-state index contributed by atoms with van der Waals surface area (Å²) in [5, 5.41) is 0. The van der Waals surface area contributed by atoms with Crippen LogP contribution in [0.15, 0.2) is 48.5 Å². The van der Waals surface area contributed by atoms with Gasteiger partial charge < -0.3 is 19.1 Å². The average molecular weight is 523 g/mol. The summed E-state index contributed by atoms with van der Waals surface area (Å²) < 4.78 is 10.7. The van der Waals surface area contributed by atoms with Gasteiger partial charge in [-0.2, -0.15) is 0 Å². The van der Waals surface area contributed by atoms with Gasteiger partial charge in [-0.1, -0.05) is 51.1 Å². The summed E-state index contributed by atoms with van der Waals surface area (Å²) in [7, 11) is 3.22. The van der Waals surface area contributed by atoms with Gasteiger partial charge >= 0.3 is 5.97 Å². The average Bonchev–Trinajstić information content (AvgIpc) is 3.37. The molecule has 1 saturated carbocycles. The highest BCUT2D eigenvalue weighted by molar-refractivity contribution is 5.76. The quantitative estimate of drug-likeness (QED) is 0.345. The summed E-state index contributed by atoms with van der Waals surface area (Å²) in [5.74, 6) is 1.48. The van der Waals surface area contributed by atoms with Crippen LogP contribution < -0.4 is 15.0 Å². The molecule has 0 aromatic heterocycles. The maximum Gasteiger partial charge on any atom is 0.342 e. The molecule has 0 bridgehead atoms. The van der Waals surface area contributed by atoms with Gasteiger partial charge in [-0.15, -0.1) is 5.48 Å². The van der Waals surface area contributed by atoms with E-state index in [1.165, 1.54) is 5.56 Å². The standard InChI is InChI=1S/C31H42N2O5/c1-31(2,3)26-17-21(20-34)11-12-28(26)33-27(23-9-7-6-8-10-23)13-14-29(33)30(35)38-32-19-22-15-24(36-4)18-25(16-22)37-5/h6-10,15-16,18,20-21,26-29,32H,11-14,17,19H2,1-5H3/t21?,26-,27?,28+,29?/m1/s1. The number of benzene rings is 2. The minimum atomic E-state index is -0.352. The van der Waals surface area contributed by atoms with Gasteiger partial charge in [0, 0.05) is 24.1 Å². The third kappa shape index (κ3) is 6.38. The zero-order valence-corrected chi connectivity index (χ0v) is 23.3. The second-order valence-corrected chi connectivity index (χ2v) is 11.7. The number of nitrogens with one attached hydrogen (secondary N) is 1. The van der Waals surface area contributed by atoms with Gasteiger partial charge in [-0.25, -0.2) is 4.79 Å². The lowest BCUT2D eigenvalue weighted by atomic mass is 9.66. The van der Waals surface area contributed by atoms with E-state index in [0.29, 0.717) is 24.0 Å². The summed E-state index contributed by atoms with van der Waals surface area (Å²) in [5.41, 5.74) is 5.01. The van der Waals surface area contributed by atoms with E-state index < -0.39 is 0 Å². The highest BCUT2D eigenvalue weighted by Crippen LogP contribution is 2.48. The second kappa shape index (κ2) is 12.3. The zero-order valence-electron chi connectivity index (χ0n) is 23.3. The topological polar surface area (TPSA) is 77.1 Å². The van der Waals surface area contributed by atoms with E-state index in [9.17, 15) is 9.59 Å². The number of hydrogen-bond acceptors (Lipinski definition) is 7. The van der Waals surface area contributed by atoms with E-state index >= 15 is 0 Å². The Hall–Kier alpha value is -2.90. The third-order valence-corrected chi connectivity index (χ3v) is 8.29. The maximum absolute atomic E-state index is 13.6. The van der Waals surface area contributed by atoms with Crippen molar-refractivity contribution < 1.29 is 23.9 Å². The van der Waals surface area contributed by atoms with Crippen molar-refractivity contribution in [2.24, 2.45) is 17.3 Å². The molecule has 38 heavy (non-hydrogen) atoms. The predicted molar refractivity (Wildman–Crippen MR) is 147 cm³/mol. The largest absolute Gasteiger partial charge is 0.497 e. The van der Waals surface area contributed by atoms with Gasteiger partial charge in [0.2, 0.25) is 0 Å². The van der Waals surface area contributed by atoms with Crippen LogP contribution in [0.2, 0.25) is 0 Å². The first-order valence-electron chi connectivity index (χ1n) is 13.7. The molecule has 1 aliphatic carbocycles. The lowest BCUT2D eigenvalue weighted by Gasteiger charge is -2.49. The molecule has 2 aliphatic rings. The number of aldehydes is 1. The molecule has 2 aromatic rings. The van der Waals surface area contributed by atoms with Crippen molar-refractivity contribution >= 4 is 12.3 Å². The summed E-state index contributed by atoms with van der Waals surface area (Å²) in [4.78, 5) is 33.4. The maximum atomic E-state index is 13.6. The smallest absolute Gasteiger partial charge is 0.342 e. The molecular weight excluding hydrogens is 480 g/mol. The minimum Gasteiger partial charge on any atom is -0.497 e. The fourth-order valence-corrected chi connectivity index (χ4v) is 6.37. The highest BCUT2D eigenvalue weighted by atomic mass is 16.7. The molecule has 1 N–H and O–H groups in total. The molecule has 206 valence electrons. The van der Waals surface area contributed by atoms with E-state index in [0.717, 1.165) is 44.0 Å². The van der Waals surface area contributed by atoms with Crippen LogP contribution in [0.5, 0.6) is 11.5 Å². The Morgan fingerprint density at radius 2 is 1.68 bits per heavy atom. The predicted octanol–water partition coefficient (Wildman–Crippen LogP) is 5.49. The van der Waals surface area contributed by atoms with Crippen LogP contribution in [-0.4, -0.2) is 43.5 Å². The number of ether oxygens (including phenoxy) is 2. The number of hydrogen-bond donors (Lipinski definition) is 1. The Morgan fingerprint density at radius 1 is 1.00 bits per heavy atom. The molecule has 0 spiro atoms. The van der Waals surface area contributed by atoms with Gasteiger partial charge in [-0.05, 0) is 66.7 Å². The number of hydroxylamine groups is 1. The molecule has 5 atom stereocenters. The van der Waals surface area contributed by atoms with Gasteiger partial charge in [0.1, 0.15) is 23.8 Å². The molecule has 1 aliphatic heterocycles. The van der Waals surface area contributed by atoms with Crippen molar-refractivity contribution in [2.45, 2.75) is 77.5 Å². The lowest BCUT2D eigenvalue weighted by molar-refractivity contribution is -0.160. The van der Waals surface area contributed by atoms with Crippen molar-refractivity contribution in [1.82, 2.24) is 10.4 Å². The summed E-state index contributed by atoms with van der Waals surface area (Å²) >= 11 is 0. The zero-order chi connectivity index (χ0) is 27.3. The number of rotatable bonds is 9. The number of likely N-dealkylation sites (tertiary alicyclic amines) is 1. The molecule has 1 saturated heterocycles. The van der Waals surface area contributed by atoms with Crippen LogP contribution in [0.1, 0.15) is 70.0 Å². The fourth-order valence-electron chi connectivity index (χ4n) is 6.37. The lowest BCUT2D eigenvalue weighted by Crippen LogP contribution is -2.53. The van der Waals surface area contributed by atoms with Crippen molar-refractivity contribution in [1.29, 1.82) is 0 Å². The molecule has 0 radical (unpaired) electrons. The molecule has 4 rings (SSSR count). The molecule has 1 heterocycles. The van der Waals surface area contributed by atoms with Gasteiger partial charge in [0.25, 0.3) is 0 Å². The monoisotopic (exact) mass is 522 g/mol. The van der Waals surface area contributed by atoms with Crippen molar-refractivity contribution in [3.05, 3.63) is 59.7 Å². The first-order valence-corrected chi connectivity index (χ1v) is 13.7. The van der Waals surface area contributed by atoms with Crippen molar-refractivity contribution in [3.63, 3.8) is 0 Å². The van der Waals surface area contributed by atoms with E-state index in [2.05, 4.69) is 55.4 Å². The third-order valence-electron chi connectivity index (χ3n) is 8.29. The number of carbonyl (C=O) groups excluding carboxylic acids is 2. The van der Waals surface area contributed by atoms with E-state index in [1.54, 1.807) is 20.3 Å². The normalized spacial score (nSPS) is 26.1. The van der Waals surface area contributed by atoms with E-state index in [-0.39, 0.29) is 35.4 Å². The second-order valence-electron chi connectivity index (χ2n) is 11.7. The number of carbonyl (C=O) groups is 2. The molecule has 2 fully saturated rings. The van der Waals surface area contributed by atoms with Crippen LogP contribution in [0.4, 0.5) is 0 Å². The van der Waals surface area contributed by atoms with Gasteiger partial charge in [0.15, 0.2) is 0 Å². The fraction of sp³-hybridized carbons (Fsp3) is 0.548. The van der Waals surface area contributed by atoms with Gasteiger partial charge in [0.05, 0.1) is 20.8 Å². The van der Waals surface area contributed by atoms with Crippen molar-refractivity contribution in [3.8, 4) is 11.5 Å². The summed E-state index contributed by atoms with van der Waals surface area (Å²) in [6, 6.07) is 16.0. The van der Waals surface area contributed by atoms with Gasteiger partial charge in [-0.3, -0.25) is 4.90 Å². The molecule has 2 aromatic carbocycles. The molecular formula is C31H42N2O5. The molecule has 7 nitrogen and oxygen atoms in total. The van der Waals surface area contributed by atoms with Crippen LogP contribution in [-0.2, 0) is 21.0 Å². The Bertz CT molecular complexity index is 1060. The Balaban J connectivity index is 1.54. The SMILES string of the molecule is COc1cc(CNOC(=O)C2CCC(c3ccccc3)N2[C@H]2CCC(C=O)C[C@H]2C(C)(C)C)cc(OC)c1. The van der Waals surface area contributed by atoms with Crippen LogP contribution in [0, 0.1) is 17.3 Å². The summed E-state index contributed by atoms with van der Waals surface area (Å²) in [6.45, 7) is 7.09. The molecule has 7 heteroatoms. The van der Waals surface area contributed by atoms with E-state index in [1.807, 2.05) is 18.2 Å². The van der Waals surface area contributed by atoms with Crippen molar-refractivity contribution in [2.75, 3.05) is 14.2 Å². The minimum absolute atomic E-state index is 0.00823. The van der Waals surface area contributed by atoms with E-state index in [4.69, 9.17) is 14.3 Å². The Labute approximate surface area is 226 Å². The van der Waals surface area contributed by atoms with Crippen LogP contribution in [0.25, 0.3) is 0 Å². The first kappa shape index (κ1) is 28.1. The Kier molecular flexibility index (Phi) is 9.11. The highest BCUT2D eigenvalue weighted by Gasteiger charge is 2.49. The Morgan fingerprint density at radius 3 is 2.29 bits per heavy atom. The molecule has 3 unspecified atom stereocenters. The summed E-state index contributed by atoms with van der Waals surface area (Å²) in [6.07, 6.45) is 5.36. The number of methoxy groups -OCH3 is 2. The molecule has 0 amide bonds. The first-order chi connectivity index (χ1) is 18.2. The van der Waals surface area contributed by atoms with Crippen LogP contribution in [0.3, 0.4) is 0 Å². The number of nitrogens with zero attached hydrogens (tertiary/aromatic N) is 1.